The zero-order valence-electron chi connectivity index (χ0n) is 37.4. The summed E-state index contributed by atoms with van der Waals surface area (Å²) >= 11 is 0. The number of rotatable bonds is 4. The van der Waals surface area contributed by atoms with Crippen molar-refractivity contribution in [3.05, 3.63) is 164 Å². The molecule has 0 aliphatic rings. The second-order valence-electron chi connectivity index (χ2n) is 11.5. The van der Waals surface area contributed by atoms with Gasteiger partial charge in [-0.3, -0.25) is 0 Å². The smallest absolute Gasteiger partial charge is 0.164 e. The van der Waals surface area contributed by atoms with Crippen molar-refractivity contribution in [1.82, 2.24) is 15.0 Å². The summed E-state index contributed by atoms with van der Waals surface area (Å²) in [6.45, 7) is 0. The normalized spacial score (nSPS) is 15.1. The van der Waals surface area contributed by atoms with Crippen molar-refractivity contribution in [2.24, 2.45) is 0 Å². The van der Waals surface area contributed by atoms with Gasteiger partial charge in [0, 0.05) is 33.0 Å². The van der Waals surface area contributed by atoms with Crippen LogP contribution in [0.3, 0.4) is 0 Å². The minimum atomic E-state index is -0.538. The number of nitrogens with zero attached hydrogens (tertiary/aromatic N) is 3. The molecular formula is C45H27N3O. The van der Waals surface area contributed by atoms with Crippen LogP contribution in [0.2, 0.25) is 0 Å². The Labute approximate surface area is 298 Å². The van der Waals surface area contributed by atoms with Gasteiger partial charge in [-0.05, 0) is 56.1 Å². The lowest BCUT2D eigenvalue weighted by molar-refractivity contribution is 0.670. The Hall–Kier alpha value is -6.65. The summed E-state index contributed by atoms with van der Waals surface area (Å²) in [7, 11) is 0. The van der Waals surface area contributed by atoms with Crippen molar-refractivity contribution < 1.29 is 20.9 Å². The van der Waals surface area contributed by atoms with Crippen molar-refractivity contribution in [2.45, 2.75) is 0 Å². The molecule has 0 N–H and O–H groups in total. The number of benzene rings is 8. The van der Waals surface area contributed by atoms with Crippen LogP contribution in [-0.2, 0) is 0 Å². The van der Waals surface area contributed by atoms with E-state index in [1.165, 1.54) is 18.2 Å². The second kappa shape index (κ2) is 11.0. The van der Waals surface area contributed by atoms with Gasteiger partial charge < -0.3 is 4.42 Å². The number of hydrogen-bond donors (Lipinski definition) is 0. The van der Waals surface area contributed by atoms with Gasteiger partial charge in [-0.25, -0.2) is 15.0 Å². The quantitative estimate of drug-likeness (QED) is 0.180. The van der Waals surface area contributed by atoms with Crippen LogP contribution in [0.4, 0.5) is 0 Å². The molecule has 0 saturated heterocycles. The average Bonchev–Trinajstić information content (AvgIpc) is 3.63. The molecule has 0 aliphatic heterocycles. The molecule has 4 heteroatoms. The maximum absolute atomic E-state index is 9.68. The van der Waals surface area contributed by atoms with E-state index in [1.54, 1.807) is 54.6 Å². The predicted octanol–water partition coefficient (Wildman–Crippen LogP) is 11.9. The molecule has 2 heterocycles. The molecule has 0 saturated carbocycles. The zero-order valence-corrected chi connectivity index (χ0v) is 25.4. The number of para-hydroxylation sites is 1. The molecule has 0 amide bonds. The lowest BCUT2D eigenvalue weighted by atomic mass is 9.92. The second-order valence-corrected chi connectivity index (χ2v) is 11.5. The lowest BCUT2D eigenvalue weighted by Gasteiger charge is -2.12. The van der Waals surface area contributed by atoms with Crippen molar-refractivity contribution in [3.63, 3.8) is 0 Å². The lowest BCUT2D eigenvalue weighted by Crippen LogP contribution is -2.00. The third kappa shape index (κ3) is 4.49. The van der Waals surface area contributed by atoms with Crippen LogP contribution in [0, 0.1) is 0 Å². The van der Waals surface area contributed by atoms with Crippen molar-refractivity contribution in [1.29, 1.82) is 0 Å². The Morgan fingerprint density at radius 3 is 1.98 bits per heavy atom. The molecule has 4 nitrogen and oxygen atoms in total. The zero-order chi connectivity index (χ0) is 42.8. The van der Waals surface area contributed by atoms with E-state index in [0.717, 1.165) is 0 Å². The molecule has 0 aliphatic carbocycles. The summed E-state index contributed by atoms with van der Waals surface area (Å²) in [5.41, 5.74) is 2.32. The first kappa shape index (κ1) is 18.0. The monoisotopic (exact) mass is 637 g/mol. The largest absolute Gasteiger partial charge is 0.455 e. The van der Waals surface area contributed by atoms with E-state index in [0.29, 0.717) is 54.8 Å². The fourth-order valence-corrected chi connectivity index (χ4v) is 6.39. The molecule has 0 radical (unpaired) electrons. The Morgan fingerprint density at radius 2 is 1.14 bits per heavy atom. The van der Waals surface area contributed by atoms with Crippen molar-refractivity contribution in [3.8, 4) is 45.3 Å². The molecule has 8 aromatic carbocycles. The third-order valence-electron chi connectivity index (χ3n) is 8.65. The summed E-state index contributed by atoms with van der Waals surface area (Å²) in [5, 5.41) is 3.36. The molecule has 10 aromatic rings. The van der Waals surface area contributed by atoms with Crippen molar-refractivity contribution in [2.75, 3.05) is 0 Å². The molecule has 0 fully saturated rings. The van der Waals surface area contributed by atoms with Crippen LogP contribution in [0.1, 0.15) is 16.4 Å². The first-order valence-corrected chi connectivity index (χ1v) is 15.5. The Bertz CT molecular complexity index is 3550. The third-order valence-corrected chi connectivity index (χ3v) is 8.65. The van der Waals surface area contributed by atoms with Crippen LogP contribution in [0.15, 0.2) is 168 Å². The standard InChI is InChI=1S/C45H27N3O/c1-3-12-28(13-4-1)43-46-44(29-14-5-2-6-15-29)48-45(47-43)31-23-25-38-39-21-11-20-32(42(39)49-41(38)27-31)30-22-24-37-35-18-8-7-16-33(35)34-17-9-10-19-36(34)40(37)26-30/h1-27H/i1D,3D,4D,7D,8D,9D,12D,13D,17D,19D,22D,26D. The van der Waals surface area contributed by atoms with E-state index >= 15 is 0 Å². The van der Waals surface area contributed by atoms with E-state index < -0.39 is 30.2 Å². The minimum Gasteiger partial charge on any atom is -0.455 e. The highest BCUT2D eigenvalue weighted by atomic mass is 16.3. The molecule has 0 unspecified atom stereocenters. The van der Waals surface area contributed by atoms with Gasteiger partial charge in [-0.15, -0.1) is 0 Å². The van der Waals surface area contributed by atoms with Crippen LogP contribution < -0.4 is 0 Å². The SMILES string of the molecule is [2H]c1cc2c(cc1[2H])c1c([2H])c([2H])cc([2H])c1c1c([2H])c(-c3cccc4c3oc3cc(-c5nc(-c6ccccc6)nc(-c6c([2H])c([2H])c([2H])c([2H])c6[2H])n5)ccc34)c([2H])cc21. The summed E-state index contributed by atoms with van der Waals surface area (Å²) < 4.78 is 110. The average molecular weight is 638 g/mol. The molecule has 10 rings (SSSR count). The van der Waals surface area contributed by atoms with E-state index in [9.17, 15) is 2.74 Å². The minimum absolute atomic E-state index is 0.0261. The number of furan rings is 1. The van der Waals surface area contributed by atoms with Crippen molar-refractivity contribution >= 4 is 54.3 Å². The van der Waals surface area contributed by atoms with Crippen LogP contribution in [-0.4, -0.2) is 15.0 Å². The van der Waals surface area contributed by atoms with Gasteiger partial charge in [-0.2, -0.15) is 0 Å². The fraction of sp³-hybridized carbons (Fsp3) is 0. The van der Waals surface area contributed by atoms with Crippen LogP contribution in [0.25, 0.3) is 99.5 Å². The van der Waals surface area contributed by atoms with Gasteiger partial charge in [0.1, 0.15) is 11.2 Å². The van der Waals surface area contributed by atoms with Gasteiger partial charge in [0.15, 0.2) is 17.5 Å². The van der Waals surface area contributed by atoms with Gasteiger partial charge in [0.25, 0.3) is 0 Å². The molecule has 49 heavy (non-hydrogen) atoms. The Morgan fingerprint density at radius 1 is 0.408 bits per heavy atom. The first-order valence-electron chi connectivity index (χ1n) is 21.5. The highest BCUT2D eigenvalue weighted by Crippen LogP contribution is 2.41. The van der Waals surface area contributed by atoms with Crippen LogP contribution in [0.5, 0.6) is 0 Å². The van der Waals surface area contributed by atoms with Gasteiger partial charge >= 0.3 is 0 Å². The Kier molecular flexibility index (Phi) is 4.04. The molecule has 0 bridgehead atoms. The molecule has 0 spiro atoms. The summed E-state index contributed by atoms with van der Waals surface area (Å²) in [6.07, 6.45) is 0. The van der Waals surface area contributed by atoms with E-state index in [-0.39, 0.29) is 87.1 Å². The van der Waals surface area contributed by atoms with Gasteiger partial charge in [0.05, 0.1) is 16.4 Å². The van der Waals surface area contributed by atoms with Gasteiger partial charge in [0.2, 0.25) is 0 Å². The van der Waals surface area contributed by atoms with E-state index in [1.807, 2.05) is 18.2 Å². The molecule has 228 valence electrons. The number of fused-ring (bicyclic) bond motifs is 9. The van der Waals surface area contributed by atoms with Gasteiger partial charge in [-0.1, -0.05) is 145 Å². The number of hydrogen-bond acceptors (Lipinski definition) is 4. The van der Waals surface area contributed by atoms with E-state index in [2.05, 4.69) is 9.97 Å². The van der Waals surface area contributed by atoms with E-state index in [4.69, 9.17) is 23.1 Å². The summed E-state index contributed by atoms with van der Waals surface area (Å²) in [5.74, 6) is 0.258. The molecule has 0 atom stereocenters. The fourth-order valence-electron chi connectivity index (χ4n) is 6.39. The predicted molar refractivity (Wildman–Crippen MR) is 201 cm³/mol. The highest BCUT2D eigenvalue weighted by Gasteiger charge is 2.17. The summed E-state index contributed by atoms with van der Waals surface area (Å²) in [6, 6.07) is 22.2. The topological polar surface area (TPSA) is 51.8 Å². The number of aromatic nitrogens is 3. The maximum atomic E-state index is 9.68. The summed E-state index contributed by atoms with van der Waals surface area (Å²) in [4.78, 5) is 14.0. The highest BCUT2D eigenvalue weighted by molar-refractivity contribution is 6.26. The van der Waals surface area contributed by atoms with Crippen LogP contribution >= 0.6 is 0 Å². The molecule has 2 aromatic heterocycles. The molecular weight excluding hydrogens is 599 g/mol. The first-order chi connectivity index (χ1) is 29.2. The maximum Gasteiger partial charge on any atom is 0.164 e. The Balaban J connectivity index is 1.20.